The van der Waals surface area contributed by atoms with Gasteiger partial charge in [0.1, 0.15) is 0 Å². The third-order valence-electron chi connectivity index (χ3n) is 6.40. The lowest BCUT2D eigenvalue weighted by Crippen LogP contribution is -2.10. The van der Waals surface area contributed by atoms with Crippen LogP contribution in [0.4, 0.5) is 11.4 Å². The zero-order chi connectivity index (χ0) is 30.3. The topological polar surface area (TPSA) is 108 Å². The number of anilines is 2. The molecule has 8 heteroatoms. The summed E-state index contributed by atoms with van der Waals surface area (Å²) in [4.78, 5) is 34.6. The summed E-state index contributed by atoms with van der Waals surface area (Å²) < 4.78 is 9.33. The largest absolute Gasteiger partial charge is 0.465 e. The molecule has 0 aliphatic rings. The van der Waals surface area contributed by atoms with Gasteiger partial charge in [-0.15, -0.1) is 11.6 Å². The molecular formula is C34H35ClN2O5. The molecule has 0 aliphatic carbocycles. The first-order valence-electron chi connectivity index (χ1n) is 13.5. The van der Waals surface area contributed by atoms with Gasteiger partial charge in [0.05, 0.1) is 25.3 Å². The van der Waals surface area contributed by atoms with Crippen molar-refractivity contribution in [2.75, 3.05) is 31.2 Å². The minimum absolute atomic E-state index is 0.0183. The average Bonchev–Trinajstić information content (AvgIpc) is 3.03. The Morgan fingerprint density at radius 2 is 1.02 bits per heavy atom. The molecule has 0 spiro atoms. The fourth-order valence-electron chi connectivity index (χ4n) is 4.04. The van der Waals surface area contributed by atoms with Crippen molar-refractivity contribution in [3.05, 3.63) is 108 Å². The van der Waals surface area contributed by atoms with Gasteiger partial charge in [-0.05, 0) is 83.6 Å². The number of carbonyl (C=O) groups is 3. The quantitative estimate of drug-likeness (QED) is 0.0857. The average molecular weight is 587 g/mol. The summed E-state index contributed by atoms with van der Waals surface area (Å²) in [7, 11) is 2.73. The predicted molar refractivity (Wildman–Crippen MR) is 169 cm³/mol. The number of methoxy groups -OCH3 is 2. The molecule has 3 N–H and O–H groups in total. The number of rotatable bonds is 10. The molecule has 4 rings (SSSR count). The van der Waals surface area contributed by atoms with E-state index in [0.29, 0.717) is 23.4 Å². The van der Waals surface area contributed by atoms with Gasteiger partial charge >= 0.3 is 11.9 Å². The van der Waals surface area contributed by atoms with Crippen molar-refractivity contribution in [1.29, 1.82) is 0 Å². The van der Waals surface area contributed by atoms with Crippen molar-refractivity contribution >= 4 is 40.8 Å². The highest BCUT2D eigenvalue weighted by Gasteiger charge is 2.07. The molecule has 0 atom stereocenters. The Labute approximate surface area is 251 Å². The Morgan fingerprint density at radius 1 is 0.619 bits per heavy atom. The Hall–Kier alpha value is -4.62. The van der Waals surface area contributed by atoms with Crippen molar-refractivity contribution in [3.8, 4) is 22.3 Å². The Bertz CT molecular complexity index is 1440. The molecule has 0 radical (unpaired) electrons. The van der Waals surface area contributed by atoms with Crippen LogP contribution in [0.25, 0.3) is 22.3 Å². The summed E-state index contributed by atoms with van der Waals surface area (Å²) in [5.41, 5.74) is 12.3. The van der Waals surface area contributed by atoms with Gasteiger partial charge in [-0.3, -0.25) is 4.79 Å². The van der Waals surface area contributed by atoms with E-state index in [2.05, 4.69) is 10.1 Å². The van der Waals surface area contributed by atoms with E-state index in [1.807, 2.05) is 72.8 Å². The van der Waals surface area contributed by atoms with Crippen LogP contribution in [0.1, 0.15) is 46.4 Å². The summed E-state index contributed by atoms with van der Waals surface area (Å²) in [5, 5.41) is 2.90. The van der Waals surface area contributed by atoms with Crippen molar-refractivity contribution in [2.45, 2.75) is 25.7 Å². The van der Waals surface area contributed by atoms with Crippen LogP contribution < -0.4 is 11.1 Å². The van der Waals surface area contributed by atoms with Gasteiger partial charge in [0.25, 0.3) is 0 Å². The van der Waals surface area contributed by atoms with Crippen molar-refractivity contribution in [2.24, 2.45) is 0 Å². The number of benzene rings is 4. The molecule has 0 aromatic heterocycles. The van der Waals surface area contributed by atoms with Crippen LogP contribution in [0.5, 0.6) is 0 Å². The monoisotopic (exact) mass is 586 g/mol. The number of nitrogen functional groups attached to an aromatic ring is 1. The van der Waals surface area contributed by atoms with Gasteiger partial charge in [0, 0.05) is 23.7 Å². The van der Waals surface area contributed by atoms with E-state index in [0.717, 1.165) is 52.9 Å². The lowest BCUT2D eigenvalue weighted by atomic mass is 10.0. The van der Waals surface area contributed by atoms with E-state index in [9.17, 15) is 14.4 Å². The summed E-state index contributed by atoms with van der Waals surface area (Å²) >= 11 is 5.62. The number of halogens is 1. The second-order valence-electron chi connectivity index (χ2n) is 9.39. The van der Waals surface area contributed by atoms with E-state index in [4.69, 9.17) is 22.1 Å². The standard InChI is InChI=1S/C20H22ClNO3.C14H13NO2/c1-25-20(24)17-8-6-15(7-9-17)16-10-12-18(13-11-16)22-19(23)5-3-2-4-14-21;1-17-14(16)12-4-2-10(3-5-12)11-6-8-13(15)9-7-11/h6-13H,2-5,14H2,1H3,(H,22,23);2-9H,15H2,1H3. The van der Waals surface area contributed by atoms with E-state index in [-0.39, 0.29) is 17.8 Å². The molecule has 218 valence electrons. The molecule has 4 aromatic carbocycles. The molecule has 0 aliphatic heterocycles. The first-order valence-corrected chi connectivity index (χ1v) is 14.1. The van der Waals surface area contributed by atoms with Crippen LogP contribution in [0.2, 0.25) is 0 Å². The molecule has 0 saturated heterocycles. The normalized spacial score (nSPS) is 10.2. The number of alkyl halides is 1. The van der Waals surface area contributed by atoms with Crippen molar-refractivity contribution in [1.82, 2.24) is 0 Å². The Kier molecular flexibility index (Phi) is 12.6. The lowest BCUT2D eigenvalue weighted by Gasteiger charge is -2.07. The molecule has 0 unspecified atom stereocenters. The molecule has 0 bridgehead atoms. The molecule has 0 heterocycles. The van der Waals surface area contributed by atoms with Crippen LogP contribution in [-0.2, 0) is 14.3 Å². The second-order valence-corrected chi connectivity index (χ2v) is 9.76. The lowest BCUT2D eigenvalue weighted by molar-refractivity contribution is -0.116. The highest BCUT2D eigenvalue weighted by atomic mass is 35.5. The van der Waals surface area contributed by atoms with Crippen molar-refractivity contribution in [3.63, 3.8) is 0 Å². The Morgan fingerprint density at radius 3 is 1.43 bits per heavy atom. The van der Waals surface area contributed by atoms with Gasteiger partial charge in [0.15, 0.2) is 0 Å². The van der Waals surface area contributed by atoms with Crippen LogP contribution in [-0.4, -0.2) is 37.9 Å². The predicted octanol–water partition coefficient (Wildman–Crippen LogP) is 7.60. The number of hydrogen-bond acceptors (Lipinski definition) is 6. The van der Waals surface area contributed by atoms with Crippen LogP contribution in [0.3, 0.4) is 0 Å². The van der Waals surface area contributed by atoms with Crippen LogP contribution >= 0.6 is 11.6 Å². The molecule has 0 fully saturated rings. The minimum atomic E-state index is -0.351. The number of carbonyl (C=O) groups excluding carboxylic acids is 3. The third kappa shape index (κ3) is 9.78. The second kappa shape index (κ2) is 16.6. The highest BCUT2D eigenvalue weighted by molar-refractivity contribution is 6.17. The molecule has 0 saturated carbocycles. The Balaban J connectivity index is 0.000000247. The number of esters is 2. The van der Waals surface area contributed by atoms with Crippen LogP contribution in [0.15, 0.2) is 97.1 Å². The molecule has 7 nitrogen and oxygen atoms in total. The van der Waals surface area contributed by atoms with Gasteiger partial charge in [-0.25, -0.2) is 9.59 Å². The van der Waals surface area contributed by atoms with Crippen molar-refractivity contribution < 1.29 is 23.9 Å². The van der Waals surface area contributed by atoms with Crippen LogP contribution in [0, 0.1) is 0 Å². The number of amides is 1. The maximum Gasteiger partial charge on any atom is 0.337 e. The third-order valence-corrected chi connectivity index (χ3v) is 6.66. The number of unbranched alkanes of at least 4 members (excludes halogenated alkanes) is 2. The molecule has 1 amide bonds. The highest BCUT2D eigenvalue weighted by Crippen LogP contribution is 2.23. The maximum atomic E-state index is 11.9. The summed E-state index contributed by atoms with van der Waals surface area (Å²) in [6.45, 7) is 0. The SMILES string of the molecule is COC(=O)c1ccc(-c2ccc(N)cc2)cc1.COC(=O)c1ccc(-c2ccc(NC(=O)CCCCCCl)cc2)cc1. The minimum Gasteiger partial charge on any atom is -0.465 e. The van der Waals surface area contributed by atoms with E-state index >= 15 is 0 Å². The number of nitrogens with one attached hydrogen (secondary N) is 1. The van der Waals surface area contributed by atoms with Gasteiger partial charge in [-0.2, -0.15) is 0 Å². The zero-order valence-corrected chi connectivity index (χ0v) is 24.5. The first-order chi connectivity index (χ1) is 20.3. The molecule has 42 heavy (non-hydrogen) atoms. The number of nitrogens with two attached hydrogens (primary N) is 1. The van der Waals surface area contributed by atoms with Gasteiger partial charge in [-0.1, -0.05) is 55.0 Å². The van der Waals surface area contributed by atoms with Gasteiger partial charge < -0.3 is 20.5 Å². The van der Waals surface area contributed by atoms with Gasteiger partial charge in [0.2, 0.25) is 5.91 Å². The summed E-state index contributed by atoms with van der Waals surface area (Å²) in [6, 6.07) is 29.7. The maximum absolute atomic E-state index is 11.9. The molecule has 4 aromatic rings. The van der Waals surface area contributed by atoms with E-state index in [1.54, 1.807) is 24.3 Å². The summed E-state index contributed by atoms with van der Waals surface area (Å²) in [6.07, 6.45) is 3.27. The number of hydrogen-bond donors (Lipinski definition) is 2. The fourth-order valence-corrected chi connectivity index (χ4v) is 4.22. The fraction of sp³-hybridized carbons (Fsp3) is 0.206. The zero-order valence-electron chi connectivity index (χ0n) is 23.8. The number of ether oxygens (including phenoxy) is 2. The molecular weight excluding hydrogens is 552 g/mol. The first kappa shape index (κ1) is 31.9. The smallest absolute Gasteiger partial charge is 0.337 e. The van der Waals surface area contributed by atoms with E-state index in [1.165, 1.54) is 14.2 Å². The summed E-state index contributed by atoms with van der Waals surface area (Å²) in [5.74, 6) is -0.0155. The van der Waals surface area contributed by atoms with E-state index < -0.39 is 0 Å².